The predicted octanol–water partition coefficient (Wildman–Crippen LogP) is 3.83. The number of carbonyl (C=O) groups is 1. The Balaban J connectivity index is 1.45. The molecule has 0 saturated carbocycles. The third-order valence-electron chi connectivity index (χ3n) is 5.09. The standard InChI is InChI=1S/C19H16F3IN4O4/c20-19(21,22)30-13-3-1-11(2-4-13)17(28)26-7-5-12(6-8-26)27-15-9-14(31-23)10-24-16(15)25-18(27)29/h1-4,9-10,12H,5-8H2,(H,24,25,29). The Morgan fingerprint density at radius 3 is 2.45 bits per heavy atom. The number of carbonyl (C=O) groups excluding carboxylic acids is 1. The second-order valence-corrected chi connectivity index (χ2v) is 7.45. The van der Waals surface area contributed by atoms with Gasteiger partial charge in [-0.15, -0.1) is 13.2 Å². The maximum absolute atomic E-state index is 12.7. The first-order valence-corrected chi connectivity index (χ1v) is 10.2. The summed E-state index contributed by atoms with van der Waals surface area (Å²) in [6.07, 6.45) is -2.18. The van der Waals surface area contributed by atoms with Crippen LogP contribution >= 0.6 is 23.0 Å². The summed E-state index contributed by atoms with van der Waals surface area (Å²) in [6.45, 7) is 0.804. The Kier molecular flexibility index (Phi) is 5.81. The Morgan fingerprint density at radius 2 is 1.84 bits per heavy atom. The molecule has 1 aromatic carbocycles. The zero-order chi connectivity index (χ0) is 22.2. The molecule has 4 rings (SSSR count). The number of aromatic amines is 1. The first-order valence-electron chi connectivity index (χ1n) is 9.29. The van der Waals surface area contributed by atoms with E-state index in [1.54, 1.807) is 38.5 Å². The molecule has 0 aliphatic carbocycles. The molecule has 164 valence electrons. The van der Waals surface area contributed by atoms with E-state index in [9.17, 15) is 22.8 Å². The molecule has 3 heterocycles. The lowest BCUT2D eigenvalue weighted by atomic mass is 10.0. The quantitative estimate of drug-likeness (QED) is 0.501. The number of hydrogen-bond acceptors (Lipinski definition) is 5. The van der Waals surface area contributed by atoms with Crippen molar-refractivity contribution in [2.24, 2.45) is 0 Å². The highest BCUT2D eigenvalue weighted by molar-refractivity contribution is 14.1. The summed E-state index contributed by atoms with van der Waals surface area (Å²) in [4.78, 5) is 33.7. The number of aromatic nitrogens is 3. The summed E-state index contributed by atoms with van der Waals surface area (Å²) in [7, 11) is 0. The van der Waals surface area contributed by atoms with Crippen LogP contribution in [0.4, 0.5) is 13.2 Å². The van der Waals surface area contributed by atoms with Gasteiger partial charge in [-0.05, 0) is 37.1 Å². The second kappa shape index (κ2) is 8.40. The average Bonchev–Trinajstić information content (AvgIpc) is 3.07. The van der Waals surface area contributed by atoms with E-state index in [2.05, 4.69) is 14.7 Å². The number of nitrogens with one attached hydrogen (secondary N) is 1. The van der Waals surface area contributed by atoms with E-state index in [4.69, 9.17) is 3.07 Å². The van der Waals surface area contributed by atoms with Gasteiger partial charge in [0.2, 0.25) is 0 Å². The van der Waals surface area contributed by atoms with Crippen molar-refractivity contribution < 1.29 is 25.8 Å². The van der Waals surface area contributed by atoms with Crippen LogP contribution in [0.15, 0.2) is 41.3 Å². The summed E-state index contributed by atoms with van der Waals surface area (Å²) in [5.74, 6) is -0.151. The van der Waals surface area contributed by atoms with Crippen molar-refractivity contribution in [3.05, 3.63) is 52.6 Å². The molecular formula is C19H16F3IN4O4. The fourth-order valence-electron chi connectivity index (χ4n) is 3.70. The van der Waals surface area contributed by atoms with E-state index in [0.29, 0.717) is 42.8 Å². The van der Waals surface area contributed by atoms with Gasteiger partial charge in [0.25, 0.3) is 5.91 Å². The summed E-state index contributed by atoms with van der Waals surface area (Å²) >= 11 is 1.74. The number of rotatable bonds is 4. The molecule has 8 nitrogen and oxygen atoms in total. The molecule has 1 aliphatic rings. The van der Waals surface area contributed by atoms with Crippen molar-refractivity contribution in [3.63, 3.8) is 0 Å². The number of piperidine rings is 1. The van der Waals surface area contributed by atoms with Crippen molar-refractivity contribution in [1.29, 1.82) is 0 Å². The van der Waals surface area contributed by atoms with E-state index >= 15 is 0 Å². The molecule has 0 bridgehead atoms. The number of amides is 1. The van der Waals surface area contributed by atoms with Crippen LogP contribution in [0, 0.1) is 0 Å². The van der Waals surface area contributed by atoms with Gasteiger partial charge in [0.05, 0.1) is 11.7 Å². The van der Waals surface area contributed by atoms with Gasteiger partial charge >= 0.3 is 12.1 Å². The van der Waals surface area contributed by atoms with Gasteiger partial charge in [0.15, 0.2) is 34.4 Å². The highest BCUT2D eigenvalue weighted by Gasteiger charge is 2.31. The first kappa shape index (κ1) is 21.5. The minimum atomic E-state index is -4.78. The van der Waals surface area contributed by atoms with Gasteiger partial charge in [-0.3, -0.25) is 14.3 Å². The maximum atomic E-state index is 12.7. The van der Waals surface area contributed by atoms with Crippen molar-refractivity contribution >= 4 is 40.1 Å². The van der Waals surface area contributed by atoms with Gasteiger partial charge in [0, 0.05) is 30.8 Å². The molecule has 3 aromatic rings. The van der Waals surface area contributed by atoms with E-state index in [1.165, 1.54) is 18.3 Å². The third-order valence-corrected chi connectivity index (χ3v) is 5.60. The van der Waals surface area contributed by atoms with Gasteiger partial charge in [-0.2, -0.15) is 0 Å². The van der Waals surface area contributed by atoms with Gasteiger partial charge in [-0.25, -0.2) is 9.78 Å². The molecule has 0 atom stereocenters. The predicted molar refractivity (Wildman–Crippen MR) is 112 cm³/mol. The van der Waals surface area contributed by atoms with Crippen LogP contribution in [0.1, 0.15) is 29.2 Å². The summed E-state index contributed by atoms with van der Waals surface area (Å²) in [5, 5.41) is 0. The van der Waals surface area contributed by atoms with Gasteiger partial charge < -0.3 is 12.7 Å². The van der Waals surface area contributed by atoms with Crippen LogP contribution in [0.5, 0.6) is 11.5 Å². The highest BCUT2D eigenvalue weighted by Crippen LogP contribution is 2.28. The lowest BCUT2D eigenvalue weighted by Gasteiger charge is -2.32. The van der Waals surface area contributed by atoms with Crippen LogP contribution in [-0.2, 0) is 0 Å². The fourth-order valence-corrected chi connectivity index (χ4v) is 3.94. The Hall–Kier alpha value is -2.77. The molecule has 1 aliphatic heterocycles. The average molecular weight is 548 g/mol. The number of ether oxygens (including phenoxy) is 1. The number of nitrogens with zero attached hydrogens (tertiary/aromatic N) is 3. The molecule has 12 heteroatoms. The lowest BCUT2D eigenvalue weighted by molar-refractivity contribution is -0.274. The molecule has 0 radical (unpaired) electrons. The van der Waals surface area contributed by atoms with Crippen LogP contribution in [-0.4, -0.2) is 44.8 Å². The molecule has 1 saturated heterocycles. The summed E-state index contributed by atoms with van der Waals surface area (Å²) < 4.78 is 47.5. The number of hydrogen-bond donors (Lipinski definition) is 1. The van der Waals surface area contributed by atoms with E-state index < -0.39 is 6.36 Å². The topological polar surface area (TPSA) is 89.5 Å². The number of imidazole rings is 1. The normalized spacial score (nSPS) is 15.3. The number of fused-ring (bicyclic) bond motifs is 1. The van der Waals surface area contributed by atoms with E-state index in [-0.39, 0.29) is 29.0 Å². The van der Waals surface area contributed by atoms with Crippen LogP contribution in [0.25, 0.3) is 11.2 Å². The minimum absolute atomic E-state index is 0.126. The Labute approximate surface area is 187 Å². The Bertz CT molecular complexity index is 1150. The van der Waals surface area contributed by atoms with Crippen LogP contribution < -0.4 is 13.5 Å². The zero-order valence-corrected chi connectivity index (χ0v) is 18.0. The highest BCUT2D eigenvalue weighted by atomic mass is 127. The minimum Gasteiger partial charge on any atom is -0.426 e. The number of alkyl halides is 3. The molecule has 2 aromatic heterocycles. The lowest BCUT2D eigenvalue weighted by Crippen LogP contribution is -2.40. The van der Waals surface area contributed by atoms with E-state index in [1.807, 2.05) is 0 Å². The number of pyridine rings is 1. The van der Waals surface area contributed by atoms with E-state index in [0.717, 1.165) is 12.1 Å². The number of H-pyrrole nitrogens is 1. The summed E-state index contributed by atoms with van der Waals surface area (Å²) in [5.41, 5.74) is 1.08. The van der Waals surface area contributed by atoms with Crippen LogP contribution in [0.3, 0.4) is 0 Å². The third kappa shape index (κ3) is 4.62. The SMILES string of the molecule is O=C(c1ccc(OC(F)(F)F)cc1)N1CCC(n2c(=O)[nH]c3ncc(OI)cc32)CC1. The zero-order valence-electron chi connectivity index (χ0n) is 15.9. The molecule has 31 heavy (non-hydrogen) atoms. The Morgan fingerprint density at radius 1 is 1.16 bits per heavy atom. The molecule has 0 unspecified atom stereocenters. The molecule has 1 amide bonds. The number of halogens is 4. The van der Waals surface area contributed by atoms with Gasteiger partial charge in [0.1, 0.15) is 5.75 Å². The van der Waals surface area contributed by atoms with Crippen LogP contribution in [0.2, 0.25) is 0 Å². The van der Waals surface area contributed by atoms with Crippen molar-refractivity contribution in [1.82, 2.24) is 19.4 Å². The smallest absolute Gasteiger partial charge is 0.426 e. The van der Waals surface area contributed by atoms with Gasteiger partial charge in [-0.1, -0.05) is 0 Å². The fraction of sp³-hybridized carbons (Fsp3) is 0.316. The number of likely N-dealkylation sites (tertiary alicyclic amines) is 1. The number of benzene rings is 1. The second-order valence-electron chi connectivity index (χ2n) is 7.01. The first-order chi connectivity index (χ1) is 14.7. The van der Waals surface area contributed by atoms with Crippen molar-refractivity contribution in [2.45, 2.75) is 25.2 Å². The summed E-state index contributed by atoms with van der Waals surface area (Å²) in [6, 6.07) is 6.43. The maximum Gasteiger partial charge on any atom is 0.573 e. The van der Waals surface area contributed by atoms with Crippen molar-refractivity contribution in [3.8, 4) is 11.5 Å². The van der Waals surface area contributed by atoms with Crippen molar-refractivity contribution in [2.75, 3.05) is 13.1 Å². The molecule has 1 fully saturated rings. The molecule has 1 N–H and O–H groups in total. The monoisotopic (exact) mass is 548 g/mol. The molecule has 0 spiro atoms. The largest absolute Gasteiger partial charge is 0.573 e. The molecular weight excluding hydrogens is 532 g/mol.